The molecule has 0 aliphatic carbocycles. The fourth-order valence-electron chi connectivity index (χ4n) is 1.79. The summed E-state index contributed by atoms with van der Waals surface area (Å²) in [4.78, 5) is 8.97. The van der Waals surface area contributed by atoms with Crippen LogP contribution < -0.4 is 10.1 Å². The largest absolute Gasteiger partial charge is 0.477 e. The number of hydrogen-bond acceptors (Lipinski definition) is 4. The summed E-state index contributed by atoms with van der Waals surface area (Å²) in [5.41, 5.74) is 0.919. The van der Waals surface area contributed by atoms with E-state index in [1.165, 1.54) is 0 Å². The summed E-state index contributed by atoms with van der Waals surface area (Å²) in [6, 6.07) is 7.95. The van der Waals surface area contributed by atoms with E-state index in [2.05, 4.69) is 29.1 Å². The van der Waals surface area contributed by atoms with Crippen LogP contribution in [0.3, 0.4) is 0 Å². The van der Waals surface area contributed by atoms with Crippen molar-refractivity contribution in [1.29, 1.82) is 0 Å². The maximum absolute atomic E-state index is 5.79. The molecule has 19 heavy (non-hydrogen) atoms. The van der Waals surface area contributed by atoms with Gasteiger partial charge in [0.15, 0.2) is 0 Å². The van der Waals surface area contributed by atoms with Gasteiger partial charge in [0.05, 0.1) is 17.5 Å². The minimum absolute atomic E-state index is 0.645. The lowest BCUT2D eigenvalue weighted by Gasteiger charge is -2.10. The summed E-state index contributed by atoms with van der Waals surface area (Å²) >= 11 is 0. The van der Waals surface area contributed by atoms with Gasteiger partial charge in [0.1, 0.15) is 0 Å². The van der Waals surface area contributed by atoms with Crippen LogP contribution in [-0.2, 0) is 0 Å². The van der Waals surface area contributed by atoms with Crippen LogP contribution in [0.15, 0.2) is 24.3 Å². The van der Waals surface area contributed by atoms with E-state index < -0.39 is 0 Å². The van der Waals surface area contributed by atoms with Gasteiger partial charge in [-0.2, -0.15) is 4.98 Å². The Bertz CT molecular complexity index is 528. The van der Waals surface area contributed by atoms with Gasteiger partial charge in [-0.25, -0.2) is 4.98 Å². The van der Waals surface area contributed by atoms with Gasteiger partial charge >= 0.3 is 0 Å². The number of unbranched alkanes of at least 4 members (excludes halogenated alkanes) is 1. The molecule has 2 rings (SSSR count). The summed E-state index contributed by atoms with van der Waals surface area (Å²) < 4.78 is 5.79. The maximum Gasteiger partial charge on any atom is 0.226 e. The summed E-state index contributed by atoms with van der Waals surface area (Å²) in [6.07, 6.45) is 3.20. The zero-order valence-electron chi connectivity index (χ0n) is 11.6. The Balaban J connectivity index is 2.28. The summed E-state index contributed by atoms with van der Waals surface area (Å²) in [7, 11) is 0. The smallest absolute Gasteiger partial charge is 0.226 e. The van der Waals surface area contributed by atoms with Gasteiger partial charge in [0, 0.05) is 6.54 Å². The van der Waals surface area contributed by atoms with E-state index in [1.807, 2.05) is 24.3 Å². The second kappa shape index (κ2) is 6.92. The minimum atomic E-state index is 0.645. The summed E-state index contributed by atoms with van der Waals surface area (Å²) in [6.45, 7) is 5.83. The molecule has 0 bridgehead atoms. The molecule has 1 aromatic heterocycles. The van der Waals surface area contributed by atoms with Crippen molar-refractivity contribution in [3.63, 3.8) is 0 Å². The van der Waals surface area contributed by atoms with Gasteiger partial charge < -0.3 is 10.1 Å². The molecule has 1 aromatic carbocycles. The molecule has 0 saturated carbocycles. The second-order valence-corrected chi connectivity index (χ2v) is 4.50. The number of nitrogens with zero attached hydrogens (tertiary/aromatic N) is 2. The van der Waals surface area contributed by atoms with Crippen LogP contribution in [0.4, 0.5) is 5.95 Å². The first kappa shape index (κ1) is 13.6. The molecule has 4 heteroatoms. The molecule has 0 aliphatic heterocycles. The van der Waals surface area contributed by atoms with Crippen LogP contribution >= 0.6 is 0 Å². The fraction of sp³-hybridized carbons (Fsp3) is 0.467. The number of anilines is 1. The summed E-state index contributed by atoms with van der Waals surface area (Å²) in [5.74, 6) is 1.32. The van der Waals surface area contributed by atoms with Crippen molar-refractivity contribution in [2.75, 3.05) is 18.5 Å². The number of hydrogen-bond donors (Lipinski definition) is 1. The zero-order chi connectivity index (χ0) is 13.5. The Morgan fingerprint density at radius 2 is 1.95 bits per heavy atom. The van der Waals surface area contributed by atoms with Crippen LogP contribution in [0.5, 0.6) is 5.88 Å². The van der Waals surface area contributed by atoms with Gasteiger partial charge in [0.2, 0.25) is 11.8 Å². The second-order valence-electron chi connectivity index (χ2n) is 4.50. The SMILES string of the molecule is CCCCOc1nc(NCCC)nc2ccccc12. The number of benzene rings is 1. The third kappa shape index (κ3) is 3.56. The molecule has 0 saturated heterocycles. The molecular formula is C15H21N3O. The molecule has 0 fully saturated rings. The number of rotatable bonds is 7. The standard InChI is InChI=1S/C15H21N3O/c1-3-5-11-19-14-12-8-6-7-9-13(12)17-15(18-14)16-10-4-2/h6-9H,3-5,10-11H2,1-2H3,(H,16,17,18). The van der Waals surface area contributed by atoms with Crippen molar-refractivity contribution in [1.82, 2.24) is 9.97 Å². The molecule has 2 aromatic rings. The van der Waals surface area contributed by atoms with Crippen LogP contribution in [-0.4, -0.2) is 23.1 Å². The summed E-state index contributed by atoms with van der Waals surface area (Å²) in [5, 5.41) is 4.19. The third-order valence-electron chi connectivity index (χ3n) is 2.84. The molecule has 0 atom stereocenters. The van der Waals surface area contributed by atoms with E-state index in [4.69, 9.17) is 4.74 Å². The van der Waals surface area contributed by atoms with E-state index in [1.54, 1.807) is 0 Å². The fourth-order valence-corrected chi connectivity index (χ4v) is 1.79. The molecule has 1 N–H and O–H groups in total. The number of ether oxygens (including phenoxy) is 1. The number of nitrogens with one attached hydrogen (secondary N) is 1. The normalized spacial score (nSPS) is 10.6. The highest BCUT2D eigenvalue weighted by atomic mass is 16.5. The molecule has 102 valence electrons. The van der Waals surface area contributed by atoms with E-state index in [0.29, 0.717) is 18.4 Å². The van der Waals surface area contributed by atoms with Crippen molar-refractivity contribution in [3.05, 3.63) is 24.3 Å². The topological polar surface area (TPSA) is 47.0 Å². The Morgan fingerprint density at radius 3 is 2.74 bits per heavy atom. The van der Waals surface area contributed by atoms with Crippen LogP contribution in [0.1, 0.15) is 33.1 Å². The van der Waals surface area contributed by atoms with Crippen LogP contribution in [0, 0.1) is 0 Å². The lowest BCUT2D eigenvalue weighted by molar-refractivity contribution is 0.302. The monoisotopic (exact) mass is 259 g/mol. The average Bonchev–Trinajstić information content (AvgIpc) is 2.45. The highest BCUT2D eigenvalue weighted by Crippen LogP contribution is 2.23. The Hall–Kier alpha value is -1.84. The van der Waals surface area contributed by atoms with Crippen molar-refractivity contribution in [2.45, 2.75) is 33.1 Å². The maximum atomic E-state index is 5.79. The molecule has 0 radical (unpaired) electrons. The first-order chi connectivity index (χ1) is 9.35. The average molecular weight is 259 g/mol. The predicted octanol–water partition coefficient (Wildman–Crippen LogP) is 3.63. The van der Waals surface area contributed by atoms with E-state index >= 15 is 0 Å². The molecule has 1 heterocycles. The van der Waals surface area contributed by atoms with Crippen molar-refractivity contribution in [3.8, 4) is 5.88 Å². The van der Waals surface area contributed by atoms with Gasteiger partial charge in [-0.05, 0) is 25.0 Å². The van der Waals surface area contributed by atoms with E-state index in [0.717, 1.165) is 36.7 Å². The molecule has 0 amide bonds. The highest BCUT2D eigenvalue weighted by Gasteiger charge is 2.07. The quantitative estimate of drug-likeness (QED) is 0.771. The Kier molecular flexibility index (Phi) is 4.95. The van der Waals surface area contributed by atoms with Crippen LogP contribution in [0.2, 0.25) is 0 Å². The third-order valence-corrected chi connectivity index (χ3v) is 2.84. The molecule has 0 aliphatic rings. The molecule has 0 unspecified atom stereocenters. The first-order valence-corrected chi connectivity index (χ1v) is 6.98. The zero-order valence-corrected chi connectivity index (χ0v) is 11.6. The molecule has 4 nitrogen and oxygen atoms in total. The first-order valence-electron chi connectivity index (χ1n) is 6.98. The van der Waals surface area contributed by atoms with E-state index in [-0.39, 0.29) is 0 Å². The van der Waals surface area contributed by atoms with Gasteiger partial charge in [-0.3, -0.25) is 0 Å². The van der Waals surface area contributed by atoms with E-state index in [9.17, 15) is 0 Å². The number of para-hydroxylation sites is 1. The van der Waals surface area contributed by atoms with Gasteiger partial charge in [-0.1, -0.05) is 32.4 Å². The number of fused-ring (bicyclic) bond motifs is 1. The molecular weight excluding hydrogens is 238 g/mol. The van der Waals surface area contributed by atoms with Crippen molar-refractivity contribution >= 4 is 16.9 Å². The lowest BCUT2D eigenvalue weighted by Crippen LogP contribution is -2.07. The Morgan fingerprint density at radius 1 is 1.11 bits per heavy atom. The predicted molar refractivity (Wildman–Crippen MR) is 78.7 cm³/mol. The van der Waals surface area contributed by atoms with Gasteiger partial charge in [-0.15, -0.1) is 0 Å². The Labute approximate surface area is 114 Å². The highest BCUT2D eigenvalue weighted by molar-refractivity contribution is 5.84. The van der Waals surface area contributed by atoms with Crippen molar-refractivity contribution < 1.29 is 4.74 Å². The van der Waals surface area contributed by atoms with Crippen LogP contribution in [0.25, 0.3) is 10.9 Å². The molecule has 0 spiro atoms. The number of aromatic nitrogens is 2. The van der Waals surface area contributed by atoms with Crippen molar-refractivity contribution in [2.24, 2.45) is 0 Å². The minimum Gasteiger partial charge on any atom is -0.477 e. The van der Waals surface area contributed by atoms with Gasteiger partial charge in [0.25, 0.3) is 0 Å². The lowest BCUT2D eigenvalue weighted by atomic mass is 10.2.